The summed E-state index contributed by atoms with van der Waals surface area (Å²) in [6, 6.07) is 22.5. The van der Waals surface area contributed by atoms with Gasteiger partial charge in [-0.2, -0.15) is 0 Å². The molecule has 4 nitrogen and oxygen atoms in total. The molecule has 0 aromatic heterocycles. The number of fused-ring (bicyclic) bond motifs is 3. The van der Waals surface area contributed by atoms with Crippen molar-refractivity contribution in [3.63, 3.8) is 0 Å². The van der Waals surface area contributed by atoms with Crippen molar-refractivity contribution < 1.29 is 9.94 Å². The largest absolute Gasteiger partial charge is 0.392 e. The molecular weight excluding hydrogens is 348 g/mol. The third kappa shape index (κ3) is 3.51. The summed E-state index contributed by atoms with van der Waals surface area (Å²) in [6.07, 6.45) is -0.657. The Morgan fingerprint density at radius 1 is 0.821 bits per heavy atom. The van der Waals surface area contributed by atoms with Gasteiger partial charge in [0.25, 0.3) is 0 Å². The van der Waals surface area contributed by atoms with Crippen LogP contribution in [0.2, 0.25) is 0 Å². The van der Waals surface area contributed by atoms with Crippen molar-refractivity contribution in [2.45, 2.75) is 20.0 Å². The number of hydrogen-bond donors (Lipinski definition) is 2. The quantitative estimate of drug-likeness (QED) is 0.489. The first kappa shape index (κ1) is 18.3. The maximum absolute atomic E-state index is 10.3. The summed E-state index contributed by atoms with van der Waals surface area (Å²) < 4.78 is 0. The van der Waals surface area contributed by atoms with Gasteiger partial charge in [0.2, 0.25) is 0 Å². The van der Waals surface area contributed by atoms with Crippen LogP contribution in [-0.2, 0) is 4.84 Å². The third-order valence-corrected chi connectivity index (χ3v) is 5.07. The maximum Gasteiger partial charge on any atom is 0.144 e. The zero-order valence-electron chi connectivity index (χ0n) is 16.1. The van der Waals surface area contributed by atoms with Gasteiger partial charge in [0.15, 0.2) is 0 Å². The molecule has 0 saturated carbocycles. The molecule has 1 aliphatic rings. The van der Waals surface area contributed by atoms with Crippen LogP contribution in [0.4, 0.5) is 5.69 Å². The monoisotopic (exact) mass is 372 g/mol. The highest BCUT2D eigenvalue weighted by molar-refractivity contribution is 6.24. The van der Waals surface area contributed by atoms with Crippen molar-refractivity contribution in [1.82, 2.24) is 0 Å². The highest BCUT2D eigenvalue weighted by atomic mass is 16.6. The van der Waals surface area contributed by atoms with Crippen LogP contribution < -0.4 is 5.32 Å². The van der Waals surface area contributed by atoms with Crippen molar-refractivity contribution >= 4 is 11.4 Å². The van der Waals surface area contributed by atoms with Gasteiger partial charge in [0.1, 0.15) is 18.4 Å². The Hall–Kier alpha value is -3.11. The van der Waals surface area contributed by atoms with Crippen LogP contribution in [0, 0.1) is 13.8 Å². The number of para-hydroxylation sites is 1. The lowest BCUT2D eigenvalue weighted by atomic mass is 10.1. The van der Waals surface area contributed by atoms with Crippen LogP contribution in [-0.4, -0.2) is 30.1 Å². The molecule has 0 amide bonds. The Labute approximate surface area is 165 Å². The van der Waals surface area contributed by atoms with Gasteiger partial charge in [-0.3, -0.25) is 0 Å². The van der Waals surface area contributed by atoms with Gasteiger partial charge in [-0.05, 0) is 36.1 Å². The second-order valence-corrected chi connectivity index (χ2v) is 7.13. The van der Waals surface area contributed by atoms with Gasteiger partial charge >= 0.3 is 0 Å². The number of aliphatic hydroxyl groups excluding tert-OH is 1. The molecule has 0 radical (unpaired) electrons. The van der Waals surface area contributed by atoms with E-state index in [-0.39, 0.29) is 6.61 Å². The zero-order valence-corrected chi connectivity index (χ0v) is 16.1. The fourth-order valence-electron chi connectivity index (χ4n) is 3.65. The lowest BCUT2D eigenvalue weighted by Crippen LogP contribution is -2.24. The number of aryl methyl sites for hydroxylation is 2. The lowest BCUT2D eigenvalue weighted by Gasteiger charge is -2.15. The summed E-state index contributed by atoms with van der Waals surface area (Å²) >= 11 is 0. The van der Waals surface area contributed by atoms with Gasteiger partial charge in [-0.15, -0.1) is 0 Å². The first-order valence-electron chi connectivity index (χ1n) is 9.52. The van der Waals surface area contributed by atoms with Gasteiger partial charge in [0.05, 0.1) is 0 Å². The van der Waals surface area contributed by atoms with Crippen molar-refractivity contribution in [3.8, 4) is 11.1 Å². The van der Waals surface area contributed by atoms with Crippen LogP contribution in [0.25, 0.3) is 11.1 Å². The smallest absolute Gasteiger partial charge is 0.144 e. The summed E-state index contributed by atoms with van der Waals surface area (Å²) in [7, 11) is 0. The number of benzene rings is 3. The number of anilines is 1. The van der Waals surface area contributed by atoms with E-state index in [1.165, 1.54) is 0 Å². The van der Waals surface area contributed by atoms with E-state index in [9.17, 15) is 5.11 Å². The molecule has 2 N–H and O–H groups in total. The molecule has 0 heterocycles. The fraction of sp³-hybridized carbons (Fsp3) is 0.208. The number of hydrogen-bond acceptors (Lipinski definition) is 4. The number of aliphatic hydroxyl groups is 1. The molecule has 3 aromatic rings. The minimum atomic E-state index is -0.657. The average Bonchev–Trinajstić information content (AvgIpc) is 3.02. The minimum absolute atomic E-state index is 0.131. The molecule has 1 atom stereocenters. The van der Waals surface area contributed by atoms with E-state index in [4.69, 9.17) is 4.84 Å². The van der Waals surface area contributed by atoms with Crippen molar-refractivity contribution in [1.29, 1.82) is 0 Å². The van der Waals surface area contributed by atoms with Crippen LogP contribution in [0.15, 0.2) is 71.9 Å². The van der Waals surface area contributed by atoms with E-state index in [0.717, 1.165) is 44.8 Å². The number of nitrogens with zero attached hydrogens (tertiary/aromatic N) is 1. The summed E-state index contributed by atoms with van der Waals surface area (Å²) in [5.41, 5.74) is 8.65. The minimum Gasteiger partial charge on any atom is -0.392 e. The van der Waals surface area contributed by atoms with E-state index in [0.29, 0.717) is 6.54 Å². The molecule has 0 saturated heterocycles. The highest BCUT2D eigenvalue weighted by Crippen LogP contribution is 2.36. The van der Waals surface area contributed by atoms with E-state index in [2.05, 4.69) is 60.7 Å². The molecule has 1 unspecified atom stereocenters. The van der Waals surface area contributed by atoms with Crippen LogP contribution in [0.3, 0.4) is 0 Å². The molecule has 4 rings (SSSR count). The lowest BCUT2D eigenvalue weighted by molar-refractivity contribution is 0.0472. The summed E-state index contributed by atoms with van der Waals surface area (Å²) in [6.45, 7) is 4.65. The SMILES string of the molecule is Cc1cccc(C)c1NCC(O)CON=C1c2ccccc2-c2ccccc21. The Morgan fingerprint density at radius 3 is 1.93 bits per heavy atom. The second kappa shape index (κ2) is 7.87. The number of oxime groups is 1. The predicted molar refractivity (Wildman–Crippen MR) is 114 cm³/mol. The predicted octanol–water partition coefficient (Wildman–Crippen LogP) is 4.53. The molecule has 3 aromatic carbocycles. The summed E-state index contributed by atoms with van der Waals surface area (Å²) in [5.74, 6) is 0. The molecule has 0 bridgehead atoms. The topological polar surface area (TPSA) is 53.8 Å². The highest BCUT2D eigenvalue weighted by Gasteiger charge is 2.24. The molecule has 0 aliphatic heterocycles. The molecule has 0 spiro atoms. The van der Waals surface area contributed by atoms with Gasteiger partial charge in [-0.25, -0.2) is 0 Å². The Morgan fingerprint density at radius 2 is 1.36 bits per heavy atom. The van der Waals surface area contributed by atoms with Crippen molar-refractivity contribution in [2.24, 2.45) is 5.16 Å². The van der Waals surface area contributed by atoms with Crippen LogP contribution in [0.1, 0.15) is 22.3 Å². The molecule has 1 aliphatic carbocycles. The normalized spacial score (nSPS) is 12.9. The maximum atomic E-state index is 10.3. The summed E-state index contributed by atoms with van der Waals surface area (Å²) in [5, 5.41) is 18.0. The van der Waals surface area contributed by atoms with Gasteiger partial charge in [-0.1, -0.05) is 71.9 Å². The van der Waals surface area contributed by atoms with E-state index < -0.39 is 6.10 Å². The van der Waals surface area contributed by atoms with Crippen molar-refractivity contribution in [2.75, 3.05) is 18.5 Å². The average molecular weight is 372 g/mol. The second-order valence-electron chi connectivity index (χ2n) is 7.13. The van der Waals surface area contributed by atoms with Gasteiger partial charge in [0, 0.05) is 23.4 Å². The van der Waals surface area contributed by atoms with E-state index in [1.54, 1.807) is 0 Å². The zero-order chi connectivity index (χ0) is 19.5. The molecule has 142 valence electrons. The third-order valence-electron chi connectivity index (χ3n) is 5.07. The van der Waals surface area contributed by atoms with E-state index >= 15 is 0 Å². The van der Waals surface area contributed by atoms with Crippen molar-refractivity contribution in [3.05, 3.63) is 89.0 Å². The standard InChI is InChI=1S/C24H24N2O2/c1-16-8-7-9-17(2)23(16)25-14-18(27)15-28-26-24-21-12-5-3-10-19(21)20-11-4-6-13-22(20)24/h3-13,18,25,27H,14-15H2,1-2H3. The van der Waals surface area contributed by atoms with Crippen LogP contribution in [0.5, 0.6) is 0 Å². The molecule has 28 heavy (non-hydrogen) atoms. The Kier molecular flexibility index (Phi) is 5.13. The Bertz CT molecular complexity index is 959. The Balaban J connectivity index is 1.42. The molecular formula is C24H24N2O2. The van der Waals surface area contributed by atoms with Gasteiger partial charge < -0.3 is 15.3 Å². The summed E-state index contributed by atoms with van der Waals surface area (Å²) in [4.78, 5) is 5.54. The number of nitrogens with one attached hydrogen (secondary N) is 1. The molecule has 4 heteroatoms. The fourth-order valence-corrected chi connectivity index (χ4v) is 3.65. The first-order valence-corrected chi connectivity index (χ1v) is 9.52. The first-order chi connectivity index (χ1) is 13.6. The number of rotatable bonds is 6. The van der Waals surface area contributed by atoms with E-state index in [1.807, 2.05) is 30.3 Å². The van der Waals surface area contributed by atoms with Crippen LogP contribution >= 0.6 is 0 Å². The molecule has 0 fully saturated rings.